The lowest BCUT2D eigenvalue weighted by atomic mass is 10.3. The second kappa shape index (κ2) is 7.76. The van der Waals surface area contributed by atoms with Crippen molar-refractivity contribution in [3.05, 3.63) is 17.0 Å². The van der Waals surface area contributed by atoms with E-state index < -0.39 is 0 Å². The minimum Gasteiger partial charge on any atom is -0.369 e. The summed E-state index contributed by atoms with van der Waals surface area (Å²) in [7, 11) is 0. The van der Waals surface area contributed by atoms with Gasteiger partial charge in [0.15, 0.2) is 0 Å². The van der Waals surface area contributed by atoms with Gasteiger partial charge in [0.2, 0.25) is 0 Å². The number of hydrogen-bond donors (Lipinski definition) is 1. The SMILES string of the molecule is CCN1CCN(CCCNc2nc(C)ncc2Cl)CC1. The van der Waals surface area contributed by atoms with Crippen molar-refractivity contribution in [1.82, 2.24) is 19.8 Å². The van der Waals surface area contributed by atoms with E-state index in [1.54, 1.807) is 6.20 Å². The maximum Gasteiger partial charge on any atom is 0.148 e. The Balaban J connectivity index is 1.65. The molecular weight excluding hydrogens is 274 g/mol. The Morgan fingerprint density at radius 3 is 2.65 bits per heavy atom. The molecule has 0 amide bonds. The van der Waals surface area contributed by atoms with Gasteiger partial charge in [0, 0.05) is 32.7 Å². The van der Waals surface area contributed by atoms with E-state index in [1.165, 1.54) is 32.7 Å². The summed E-state index contributed by atoms with van der Waals surface area (Å²) < 4.78 is 0. The van der Waals surface area contributed by atoms with Crippen LogP contribution in [0.15, 0.2) is 6.20 Å². The standard InChI is InChI=1S/C14H24ClN5/c1-3-19-7-9-20(10-8-19)6-4-5-16-14-13(15)11-17-12(2)18-14/h11H,3-10H2,1-2H3,(H,16,17,18). The van der Waals surface area contributed by atoms with Crippen molar-refractivity contribution in [3.8, 4) is 0 Å². The van der Waals surface area contributed by atoms with Gasteiger partial charge in [0.05, 0.1) is 6.20 Å². The van der Waals surface area contributed by atoms with Gasteiger partial charge in [-0.3, -0.25) is 0 Å². The van der Waals surface area contributed by atoms with Crippen molar-refractivity contribution >= 4 is 17.4 Å². The Labute approximate surface area is 126 Å². The number of nitrogens with zero attached hydrogens (tertiary/aromatic N) is 4. The van der Waals surface area contributed by atoms with Gasteiger partial charge in [-0.2, -0.15) is 0 Å². The van der Waals surface area contributed by atoms with Crippen molar-refractivity contribution in [2.24, 2.45) is 0 Å². The number of aromatic nitrogens is 2. The van der Waals surface area contributed by atoms with Gasteiger partial charge in [-0.15, -0.1) is 0 Å². The third kappa shape index (κ3) is 4.58. The Bertz CT molecular complexity index is 418. The van der Waals surface area contributed by atoms with Crippen LogP contribution in [-0.2, 0) is 0 Å². The van der Waals surface area contributed by atoms with Crippen LogP contribution in [0.1, 0.15) is 19.2 Å². The lowest BCUT2D eigenvalue weighted by Gasteiger charge is -2.34. The average Bonchev–Trinajstić information content (AvgIpc) is 2.47. The Morgan fingerprint density at radius 2 is 1.95 bits per heavy atom. The lowest BCUT2D eigenvalue weighted by Crippen LogP contribution is -2.46. The zero-order valence-corrected chi connectivity index (χ0v) is 13.2. The van der Waals surface area contributed by atoms with Gasteiger partial charge in [-0.1, -0.05) is 18.5 Å². The molecule has 5 nitrogen and oxygen atoms in total. The summed E-state index contributed by atoms with van der Waals surface area (Å²) in [6.45, 7) is 12.0. The van der Waals surface area contributed by atoms with Crippen molar-refractivity contribution in [2.45, 2.75) is 20.3 Å². The second-order valence-corrected chi connectivity index (χ2v) is 5.58. The van der Waals surface area contributed by atoms with Crippen LogP contribution in [-0.4, -0.2) is 65.6 Å². The smallest absolute Gasteiger partial charge is 0.148 e. The van der Waals surface area contributed by atoms with E-state index in [1.807, 2.05) is 6.92 Å². The highest BCUT2D eigenvalue weighted by Crippen LogP contribution is 2.17. The predicted octanol–water partition coefficient (Wildman–Crippen LogP) is 1.88. The number of piperazine rings is 1. The molecule has 0 bridgehead atoms. The molecule has 1 aromatic rings. The van der Waals surface area contributed by atoms with Gasteiger partial charge < -0.3 is 15.1 Å². The summed E-state index contributed by atoms with van der Waals surface area (Å²) in [5.41, 5.74) is 0. The minimum atomic E-state index is 0.590. The van der Waals surface area contributed by atoms with Gasteiger partial charge in [-0.25, -0.2) is 9.97 Å². The molecule has 1 aliphatic rings. The lowest BCUT2D eigenvalue weighted by molar-refractivity contribution is 0.137. The summed E-state index contributed by atoms with van der Waals surface area (Å²) in [5.74, 6) is 1.49. The quantitative estimate of drug-likeness (QED) is 0.812. The van der Waals surface area contributed by atoms with E-state index in [0.29, 0.717) is 5.02 Å². The van der Waals surface area contributed by atoms with Crippen LogP contribution in [0.4, 0.5) is 5.82 Å². The number of halogens is 1. The molecule has 2 heterocycles. The molecular formula is C14H24ClN5. The van der Waals surface area contributed by atoms with Gasteiger partial charge in [0.1, 0.15) is 16.7 Å². The number of likely N-dealkylation sites (N-methyl/N-ethyl adjacent to an activating group) is 1. The van der Waals surface area contributed by atoms with Crippen LogP contribution in [0.25, 0.3) is 0 Å². The molecule has 1 fully saturated rings. The van der Waals surface area contributed by atoms with Crippen LogP contribution in [0.3, 0.4) is 0 Å². The topological polar surface area (TPSA) is 44.3 Å². The molecule has 1 saturated heterocycles. The summed E-state index contributed by atoms with van der Waals surface area (Å²) in [6.07, 6.45) is 2.75. The number of hydrogen-bond acceptors (Lipinski definition) is 5. The Kier molecular flexibility index (Phi) is 6.01. The third-order valence-electron chi connectivity index (χ3n) is 3.72. The molecule has 0 unspecified atom stereocenters. The molecule has 0 aliphatic carbocycles. The molecule has 112 valence electrons. The van der Waals surface area contributed by atoms with Crippen LogP contribution in [0.2, 0.25) is 5.02 Å². The van der Waals surface area contributed by atoms with Crippen LogP contribution >= 0.6 is 11.6 Å². The highest BCUT2D eigenvalue weighted by atomic mass is 35.5. The van der Waals surface area contributed by atoms with E-state index in [9.17, 15) is 0 Å². The van der Waals surface area contributed by atoms with E-state index in [4.69, 9.17) is 11.6 Å². The summed E-state index contributed by atoms with van der Waals surface area (Å²) in [4.78, 5) is 13.4. The zero-order valence-electron chi connectivity index (χ0n) is 12.4. The first kappa shape index (κ1) is 15.5. The zero-order chi connectivity index (χ0) is 14.4. The normalized spacial score (nSPS) is 17.4. The molecule has 20 heavy (non-hydrogen) atoms. The maximum atomic E-state index is 6.05. The van der Waals surface area contributed by atoms with Crippen molar-refractivity contribution in [2.75, 3.05) is 51.1 Å². The second-order valence-electron chi connectivity index (χ2n) is 5.17. The Hall–Kier alpha value is -0.910. The van der Waals surface area contributed by atoms with E-state index in [-0.39, 0.29) is 0 Å². The fourth-order valence-electron chi connectivity index (χ4n) is 2.42. The molecule has 6 heteroatoms. The predicted molar refractivity (Wildman–Crippen MR) is 83.4 cm³/mol. The fourth-order valence-corrected chi connectivity index (χ4v) is 2.58. The van der Waals surface area contributed by atoms with Crippen LogP contribution in [0, 0.1) is 6.92 Å². The molecule has 0 radical (unpaired) electrons. The first-order valence-electron chi connectivity index (χ1n) is 7.36. The molecule has 0 atom stereocenters. The summed E-state index contributed by atoms with van der Waals surface area (Å²) in [6, 6.07) is 0. The highest BCUT2D eigenvalue weighted by Gasteiger charge is 2.14. The van der Waals surface area contributed by atoms with Gasteiger partial charge in [-0.05, 0) is 26.4 Å². The number of anilines is 1. The number of rotatable bonds is 6. The summed E-state index contributed by atoms with van der Waals surface area (Å²) >= 11 is 6.05. The van der Waals surface area contributed by atoms with E-state index in [0.717, 1.165) is 31.2 Å². The largest absolute Gasteiger partial charge is 0.369 e. The van der Waals surface area contributed by atoms with Crippen molar-refractivity contribution in [1.29, 1.82) is 0 Å². The van der Waals surface area contributed by atoms with E-state index >= 15 is 0 Å². The molecule has 1 aliphatic heterocycles. The minimum absolute atomic E-state index is 0.590. The summed E-state index contributed by atoms with van der Waals surface area (Å²) in [5, 5.41) is 3.88. The molecule has 0 saturated carbocycles. The molecule has 0 spiro atoms. The number of aryl methyl sites for hydroxylation is 1. The Morgan fingerprint density at radius 1 is 1.25 bits per heavy atom. The third-order valence-corrected chi connectivity index (χ3v) is 4.00. The van der Waals surface area contributed by atoms with E-state index in [2.05, 4.69) is 32.0 Å². The van der Waals surface area contributed by atoms with Crippen LogP contribution < -0.4 is 5.32 Å². The monoisotopic (exact) mass is 297 g/mol. The van der Waals surface area contributed by atoms with Crippen LogP contribution in [0.5, 0.6) is 0 Å². The highest BCUT2D eigenvalue weighted by molar-refractivity contribution is 6.32. The van der Waals surface area contributed by atoms with Gasteiger partial charge >= 0.3 is 0 Å². The van der Waals surface area contributed by atoms with Crippen molar-refractivity contribution in [3.63, 3.8) is 0 Å². The number of nitrogens with one attached hydrogen (secondary N) is 1. The van der Waals surface area contributed by atoms with Gasteiger partial charge in [0.25, 0.3) is 0 Å². The first-order valence-corrected chi connectivity index (χ1v) is 7.74. The fraction of sp³-hybridized carbons (Fsp3) is 0.714. The molecule has 2 rings (SSSR count). The average molecular weight is 298 g/mol. The van der Waals surface area contributed by atoms with Crippen molar-refractivity contribution < 1.29 is 0 Å². The maximum absolute atomic E-state index is 6.05. The molecule has 0 aromatic carbocycles. The molecule has 1 aromatic heterocycles. The molecule has 1 N–H and O–H groups in total. The first-order chi connectivity index (χ1) is 9.69.